The first-order valence-electron chi connectivity index (χ1n) is 11.6. The molecule has 0 saturated carbocycles. The zero-order valence-electron chi connectivity index (χ0n) is 18.1. The monoisotopic (exact) mass is 432 g/mol. The first kappa shape index (κ1) is 19.6. The van der Waals surface area contributed by atoms with Gasteiger partial charge in [-0.25, -0.2) is 9.97 Å². The molecule has 9 nitrogen and oxygen atoms in total. The van der Waals surface area contributed by atoms with Gasteiger partial charge in [-0.2, -0.15) is 9.61 Å². The number of nitrogens with zero attached hydrogens (tertiary/aromatic N) is 6. The van der Waals surface area contributed by atoms with Crippen molar-refractivity contribution in [3.05, 3.63) is 36.7 Å². The summed E-state index contributed by atoms with van der Waals surface area (Å²) in [6, 6.07) is 8.80. The van der Waals surface area contributed by atoms with Crippen LogP contribution in [0.25, 0.3) is 27.9 Å². The molecule has 0 unspecified atom stereocenters. The summed E-state index contributed by atoms with van der Waals surface area (Å²) in [6.45, 7) is 3.57. The molecule has 1 aromatic carbocycles. The molecule has 0 bridgehead atoms. The van der Waals surface area contributed by atoms with Gasteiger partial charge in [-0.05, 0) is 44.4 Å². The van der Waals surface area contributed by atoms with Gasteiger partial charge in [-0.15, -0.1) is 5.10 Å². The van der Waals surface area contributed by atoms with Crippen molar-refractivity contribution in [1.29, 1.82) is 0 Å². The van der Waals surface area contributed by atoms with Gasteiger partial charge >= 0.3 is 0 Å². The van der Waals surface area contributed by atoms with E-state index in [9.17, 15) is 0 Å². The summed E-state index contributed by atoms with van der Waals surface area (Å²) >= 11 is 0. The molecule has 9 heteroatoms. The van der Waals surface area contributed by atoms with Gasteiger partial charge < -0.3 is 15.4 Å². The predicted octanol–water partition coefficient (Wildman–Crippen LogP) is 3.05. The van der Waals surface area contributed by atoms with Crippen LogP contribution in [0.1, 0.15) is 38.1 Å². The van der Waals surface area contributed by atoms with Crippen LogP contribution in [0.4, 0.5) is 5.95 Å². The maximum atomic E-state index is 5.49. The van der Waals surface area contributed by atoms with Crippen molar-refractivity contribution in [2.45, 2.75) is 44.2 Å². The highest BCUT2D eigenvalue weighted by Gasteiger charge is 2.21. The zero-order chi connectivity index (χ0) is 21.3. The van der Waals surface area contributed by atoms with E-state index in [1.807, 2.05) is 33.6 Å². The minimum Gasteiger partial charge on any atom is -0.381 e. The quantitative estimate of drug-likeness (QED) is 0.512. The number of aromatic nitrogens is 6. The van der Waals surface area contributed by atoms with Crippen molar-refractivity contribution >= 4 is 22.5 Å². The Balaban J connectivity index is 1.40. The standard InChI is InChI=1S/C23H28N8O/c1-2-7-20-19(6-1)22-28-21(16-13-25-30(15-16)18-8-11-32-12-9-18)29-31(22)23(27-20)26-17-5-3-4-10-24-14-17/h1-2,6-7,13,15,17-18,24H,3-5,8-12,14H2,(H,26,27)/t17-/m1/s1. The normalized spacial score (nSPS) is 20.6. The Morgan fingerprint density at radius 1 is 1.06 bits per heavy atom. The van der Waals surface area contributed by atoms with E-state index in [-0.39, 0.29) is 0 Å². The maximum absolute atomic E-state index is 5.49. The molecular formula is C23H28N8O. The molecule has 166 valence electrons. The lowest BCUT2D eigenvalue weighted by Crippen LogP contribution is -2.32. The second-order valence-electron chi connectivity index (χ2n) is 8.72. The number of benzene rings is 1. The minimum atomic E-state index is 0.318. The molecule has 32 heavy (non-hydrogen) atoms. The Kier molecular flexibility index (Phi) is 5.20. The number of hydrogen-bond acceptors (Lipinski definition) is 7. The van der Waals surface area contributed by atoms with Gasteiger partial charge in [-0.3, -0.25) is 4.68 Å². The van der Waals surface area contributed by atoms with Gasteiger partial charge in [0, 0.05) is 37.4 Å². The van der Waals surface area contributed by atoms with Gasteiger partial charge in [0.2, 0.25) is 5.95 Å². The lowest BCUT2D eigenvalue weighted by molar-refractivity contribution is 0.0662. The fourth-order valence-corrected chi connectivity index (χ4v) is 4.70. The van der Waals surface area contributed by atoms with E-state index in [2.05, 4.69) is 28.0 Å². The topological polar surface area (TPSA) is 94.2 Å². The summed E-state index contributed by atoms with van der Waals surface area (Å²) in [5.41, 5.74) is 2.65. The summed E-state index contributed by atoms with van der Waals surface area (Å²) in [5, 5.41) is 17.6. The van der Waals surface area contributed by atoms with Crippen molar-refractivity contribution in [2.24, 2.45) is 0 Å². The van der Waals surface area contributed by atoms with Crippen LogP contribution in [0.3, 0.4) is 0 Å². The van der Waals surface area contributed by atoms with E-state index < -0.39 is 0 Å². The van der Waals surface area contributed by atoms with Gasteiger partial charge in [0.05, 0.1) is 23.3 Å². The molecule has 2 aliphatic rings. The lowest BCUT2D eigenvalue weighted by Gasteiger charge is -2.22. The molecular weight excluding hydrogens is 404 g/mol. The Morgan fingerprint density at radius 3 is 2.91 bits per heavy atom. The summed E-state index contributed by atoms with van der Waals surface area (Å²) in [4.78, 5) is 9.82. The van der Waals surface area contributed by atoms with Crippen LogP contribution in [-0.4, -0.2) is 61.7 Å². The Labute approximate surface area is 186 Å². The van der Waals surface area contributed by atoms with Gasteiger partial charge in [0.1, 0.15) is 0 Å². The van der Waals surface area contributed by atoms with Crippen LogP contribution < -0.4 is 10.6 Å². The third-order valence-corrected chi connectivity index (χ3v) is 6.48. The van der Waals surface area contributed by atoms with E-state index >= 15 is 0 Å². The first-order chi connectivity index (χ1) is 15.8. The molecule has 1 atom stereocenters. The van der Waals surface area contributed by atoms with Crippen molar-refractivity contribution in [2.75, 3.05) is 31.6 Å². The van der Waals surface area contributed by atoms with E-state index in [0.717, 1.165) is 73.6 Å². The summed E-state index contributed by atoms with van der Waals surface area (Å²) < 4.78 is 9.38. The van der Waals surface area contributed by atoms with E-state index in [1.165, 1.54) is 12.8 Å². The number of anilines is 1. The summed E-state index contributed by atoms with van der Waals surface area (Å²) in [5.74, 6) is 1.41. The molecule has 0 radical (unpaired) electrons. The molecule has 2 saturated heterocycles. The number of ether oxygens (including phenoxy) is 1. The number of nitrogens with one attached hydrogen (secondary N) is 2. The van der Waals surface area contributed by atoms with Crippen molar-refractivity contribution in [3.8, 4) is 11.4 Å². The molecule has 6 rings (SSSR count). The highest BCUT2D eigenvalue weighted by molar-refractivity contribution is 5.92. The summed E-state index contributed by atoms with van der Waals surface area (Å²) in [6.07, 6.45) is 9.42. The van der Waals surface area contributed by atoms with E-state index in [0.29, 0.717) is 17.9 Å². The number of para-hydroxylation sites is 1. The van der Waals surface area contributed by atoms with Crippen LogP contribution in [-0.2, 0) is 4.74 Å². The fourth-order valence-electron chi connectivity index (χ4n) is 4.70. The molecule has 5 heterocycles. The van der Waals surface area contributed by atoms with E-state index in [1.54, 1.807) is 0 Å². The maximum Gasteiger partial charge on any atom is 0.226 e. The Bertz CT molecular complexity index is 1220. The van der Waals surface area contributed by atoms with Crippen molar-refractivity contribution < 1.29 is 4.74 Å². The third-order valence-electron chi connectivity index (χ3n) is 6.48. The molecule has 4 aromatic rings. The molecule has 2 aliphatic heterocycles. The number of rotatable bonds is 4. The Hall–Kier alpha value is -3.04. The summed E-state index contributed by atoms with van der Waals surface area (Å²) in [7, 11) is 0. The molecule has 3 aromatic heterocycles. The number of fused-ring (bicyclic) bond motifs is 3. The van der Waals surface area contributed by atoms with Gasteiger partial charge in [-0.1, -0.05) is 18.6 Å². The predicted molar refractivity (Wildman–Crippen MR) is 123 cm³/mol. The molecule has 0 amide bonds. The average Bonchev–Trinajstić information content (AvgIpc) is 3.43. The van der Waals surface area contributed by atoms with Crippen LogP contribution in [0, 0.1) is 0 Å². The third kappa shape index (κ3) is 3.71. The number of hydrogen-bond donors (Lipinski definition) is 2. The largest absolute Gasteiger partial charge is 0.381 e. The first-order valence-corrected chi connectivity index (χ1v) is 11.6. The minimum absolute atomic E-state index is 0.318. The van der Waals surface area contributed by atoms with E-state index in [4.69, 9.17) is 19.8 Å². The lowest BCUT2D eigenvalue weighted by atomic mass is 10.1. The molecule has 2 N–H and O–H groups in total. The Morgan fingerprint density at radius 2 is 1.97 bits per heavy atom. The van der Waals surface area contributed by atoms with Crippen LogP contribution >= 0.6 is 0 Å². The molecule has 0 aliphatic carbocycles. The zero-order valence-corrected chi connectivity index (χ0v) is 18.1. The van der Waals surface area contributed by atoms with Gasteiger partial charge in [0.15, 0.2) is 11.5 Å². The van der Waals surface area contributed by atoms with Crippen LogP contribution in [0.5, 0.6) is 0 Å². The van der Waals surface area contributed by atoms with Crippen molar-refractivity contribution in [3.63, 3.8) is 0 Å². The van der Waals surface area contributed by atoms with Crippen molar-refractivity contribution in [1.82, 2.24) is 34.7 Å². The highest BCUT2D eigenvalue weighted by atomic mass is 16.5. The van der Waals surface area contributed by atoms with Gasteiger partial charge in [0.25, 0.3) is 0 Å². The average molecular weight is 433 g/mol. The molecule has 0 spiro atoms. The molecule has 2 fully saturated rings. The fraction of sp³-hybridized carbons (Fsp3) is 0.478. The van der Waals surface area contributed by atoms with Crippen LogP contribution in [0.2, 0.25) is 0 Å². The SMILES string of the molecule is c1ccc2c(c1)nc(N[C@@H]1CCCCNC1)n1nc(-c3cnn(C4CCOCC4)c3)nc21. The second-order valence-corrected chi connectivity index (χ2v) is 8.72. The smallest absolute Gasteiger partial charge is 0.226 e. The highest BCUT2D eigenvalue weighted by Crippen LogP contribution is 2.26. The second kappa shape index (κ2) is 8.48. The van der Waals surface area contributed by atoms with Crippen LogP contribution in [0.15, 0.2) is 36.7 Å².